The van der Waals surface area contributed by atoms with E-state index in [2.05, 4.69) is 15.3 Å². The van der Waals surface area contributed by atoms with Gasteiger partial charge in [0.25, 0.3) is 0 Å². The topological polar surface area (TPSA) is 111 Å². The first kappa shape index (κ1) is 18.4. The highest BCUT2D eigenvalue weighted by atomic mass is 32.2. The van der Waals surface area contributed by atoms with Gasteiger partial charge in [-0.3, -0.25) is 0 Å². The van der Waals surface area contributed by atoms with Gasteiger partial charge in [0.2, 0.25) is 10.0 Å². The van der Waals surface area contributed by atoms with Gasteiger partial charge in [-0.2, -0.15) is 0 Å². The number of para-hydroxylation sites is 1. The zero-order chi connectivity index (χ0) is 19.7. The molecule has 0 saturated carbocycles. The van der Waals surface area contributed by atoms with E-state index in [1.807, 2.05) is 31.2 Å². The average Bonchev–Trinajstić information content (AvgIpc) is 3.06. The Hall–Kier alpha value is -2.97. The third kappa shape index (κ3) is 3.56. The molecule has 0 radical (unpaired) electrons. The van der Waals surface area contributed by atoms with Gasteiger partial charge in [-0.15, -0.1) is 0 Å². The Morgan fingerprint density at radius 2 is 1.82 bits per heavy atom. The molecule has 4 rings (SSSR count). The van der Waals surface area contributed by atoms with Crippen molar-refractivity contribution in [3.63, 3.8) is 0 Å². The van der Waals surface area contributed by atoms with Crippen LogP contribution in [0.5, 0.6) is 0 Å². The zero-order valence-corrected chi connectivity index (χ0v) is 16.2. The van der Waals surface area contributed by atoms with Gasteiger partial charge in [0, 0.05) is 18.4 Å². The molecule has 144 valence electrons. The van der Waals surface area contributed by atoms with E-state index in [9.17, 15) is 8.42 Å². The number of rotatable bonds is 6. The largest absolute Gasteiger partial charge is 0.450 e. The molecule has 0 unspecified atom stereocenters. The fourth-order valence-corrected chi connectivity index (χ4v) is 3.60. The molecule has 7 nitrogen and oxygen atoms in total. The second-order valence-electron chi connectivity index (χ2n) is 6.48. The lowest BCUT2D eigenvalue weighted by atomic mass is 10.1. The van der Waals surface area contributed by atoms with Gasteiger partial charge in [0.15, 0.2) is 11.4 Å². The quantitative estimate of drug-likeness (QED) is 0.517. The van der Waals surface area contributed by atoms with Crippen LogP contribution in [0.2, 0.25) is 0 Å². The fourth-order valence-electron chi connectivity index (χ4n) is 3.09. The van der Waals surface area contributed by atoms with Crippen molar-refractivity contribution in [1.82, 2.24) is 9.97 Å². The summed E-state index contributed by atoms with van der Waals surface area (Å²) in [7, 11) is -3.67. The highest BCUT2D eigenvalue weighted by Gasteiger charge is 2.15. The summed E-state index contributed by atoms with van der Waals surface area (Å²) < 4.78 is 28.7. The molecule has 0 atom stereocenters. The molecular formula is C20H20N4O3S. The highest BCUT2D eigenvalue weighted by Crippen LogP contribution is 2.31. The summed E-state index contributed by atoms with van der Waals surface area (Å²) in [5.41, 5.74) is 3.22. The Morgan fingerprint density at radius 1 is 1.07 bits per heavy atom. The lowest BCUT2D eigenvalue weighted by Crippen LogP contribution is -2.12. The van der Waals surface area contributed by atoms with Crippen LogP contribution in [0.1, 0.15) is 18.3 Å². The van der Waals surface area contributed by atoms with E-state index in [1.54, 1.807) is 12.1 Å². The molecule has 0 aliphatic heterocycles. The van der Waals surface area contributed by atoms with Crippen molar-refractivity contribution in [3.8, 4) is 0 Å². The van der Waals surface area contributed by atoms with Crippen LogP contribution in [0.3, 0.4) is 0 Å². The number of anilines is 1. The smallest absolute Gasteiger partial charge is 0.238 e. The van der Waals surface area contributed by atoms with E-state index in [0.29, 0.717) is 24.4 Å². The number of sulfonamides is 1. The van der Waals surface area contributed by atoms with E-state index in [0.717, 1.165) is 34.3 Å². The number of nitrogens with one attached hydrogen (secondary N) is 1. The van der Waals surface area contributed by atoms with Crippen molar-refractivity contribution in [1.29, 1.82) is 0 Å². The third-order valence-corrected chi connectivity index (χ3v) is 5.47. The number of hydrogen-bond acceptors (Lipinski definition) is 6. The van der Waals surface area contributed by atoms with Crippen LogP contribution in [0.4, 0.5) is 5.82 Å². The summed E-state index contributed by atoms with van der Waals surface area (Å²) in [4.78, 5) is 9.32. The molecule has 0 amide bonds. The maximum absolute atomic E-state index is 11.3. The van der Waals surface area contributed by atoms with Gasteiger partial charge in [-0.1, -0.05) is 31.2 Å². The van der Waals surface area contributed by atoms with Crippen LogP contribution in [0.25, 0.3) is 22.1 Å². The molecule has 2 heterocycles. The Labute approximate surface area is 162 Å². The van der Waals surface area contributed by atoms with E-state index in [4.69, 9.17) is 9.56 Å². The van der Waals surface area contributed by atoms with Crippen molar-refractivity contribution in [3.05, 3.63) is 59.9 Å². The lowest BCUT2D eigenvalue weighted by Gasteiger charge is -2.08. The Kier molecular flexibility index (Phi) is 4.74. The second kappa shape index (κ2) is 7.21. The van der Waals surface area contributed by atoms with E-state index >= 15 is 0 Å². The molecule has 0 saturated heterocycles. The minimum atomic E-state index is -3.67. The number of hydrogen-bond donors (Lipinski definition) is 2. The first-order valence-electron chi connectivity index (χ1n) is 8.99. The summed E-state index contributed by atoms with van der Waals surface area (Å²) in [5.74, 6) is 1.42. The Bertz CT molecular complexity index is 1250. The fraction of sp³-hybridized carbons (Fsp3) is 0.200. The number of primary sulfonamides is 1. The molecule has 3 N–H and O–H groups in total. The first-order chi connectivity index (χ1) is 13.5. The van der Waals surface area contributed by atoms with E-state index in [1.165, 1.54) is 12.1 Å². The number of benzene rings is 2. The molecule has 0 spiro atoms. The van der Waals surface area contributed by atoms with Gasteiger partial charge >= 0.3 is 0 Å². The van der Waals surface area contributed by atoms with Crippen molar-refractivity contribution >= 4 is 37.9 Å². The normalized spacial score (nSPS) is 11.9. The summed E-state index contributed by atoms with van der Waals surface area (Å²) in [6.45, 7) is 2.63. The molecule has 0 aliphatic rings. The predicted octanol–water partition coefficient (Wildman–Crippen LogP) is 3.24. The summed E-state index contributed by atoms with van der Waals surface area (Å²) in [6, 6.07) is 14.3. The zero-order valence-electron chi connectivity index (χ0n) is 15.3. The molecule has 2 aromatic carbocycles. The second-order valence-corrected chi connectivity index (χ2v) is 8.05. The molecule has 2 aromatic heterocycles. The minimum Gasteiger partial charge on any atom is -0.450 e. The van der Waals surface area contributed by atoms with Crippen LogP contribution < -0.4 is 10.5 Å². The SMILES string of the molecule is CCc1nc(NCCc2ccc(S(N)(=O)=O)cc2)c2oc3ccccc3c2n1. The van der Waals surface area contributed by atoms with Crippen molar-refractivity contribution < 1.29 is 12.8 Å². The van der Waals surface area contributed by atoms with Crippen molar-refractivity contribution in [2.75, 3.05) is 11.9 Å². The molecule has 0 bridgehead atoms. The van der Waals surface area contributed by atoms with Crippen molar-refractivity contribution in [2.24, 2.45) is 5.14 Å². The van der Waals surface area contributed by atoms with Gasteiger partial charge in [-0.05, 0) is 36.2 Å². The van der Waals surface area contributed by atoms with Crippen LogP contribution in [-0.4, -0.2) is 24.9 Å². The summed E-state index contributed by atoms with van der Waals surface area (Å²) in [5, 5.41) is 9.43. The highest BCUT2D eigenvalue weighted by molar-refractivity contribution is 7.89. The number of nitrogens with two attached hydrogens (primary N) is 1. The summed E-state index contributed by atoms with van der Waals surface area (Å²) in [6.07, 6.45) is 1.41. The average molecular weight is 396 g/mol. The van der Waals surface area contributed by atoms with Gasteiger partial charge < -0.3 is 9.73 Å². The number of aromatic nitrogens is 2. The Morgan fingerprint density at radius 3 is 2.54 bits per heavy atom. The van der Waals surface area contributed by atoms with E-state index in [-0.39, 0.29) is 4.90 Å². The van der Waals surface area contributed by atoms with Gasteiger partial charge in [0.1, 0.15) is 16.9 Å². The molecular weight excluding hydrogens is 376 g/mol. The maximum atomic E-state index is 11.3. The standard InChI is InChI=1S/C20H20N4O3S/c1-2-17-23-18-15-5-3-4-6-16(15)27-19(18)20(24-17)22-12-11-13-7-9-14(10-8-13)28(21,25)26/h3-10H,2,11-12H2,1H3,(H2,21,25,26)(H,22,23,24). The van der Waals surface area contributed by atoms with Gasteiger partial charge in [0.05, 0.1) is 4.90 Å². The monoisotopic (exact) mass is 396 g/mol. The molecule has 28 heavy (non-hydrogen) atoms. The lowest BCUT2D eigenvalue weighted by molar-refractivity contribution is 0.598. The third-order valence-electron chi connectivity index (χ3n) is 4.54. The molecule has 8 heteroatoms. The van der Waals surface area contributed by atoms with Crippen molar-refractivity contribution in [2.45, 2.75) is 24.7 Å². The molecule has 0 aliphatic carbocycles. The number of furan rings is 1. The van der Waals surface area contributed by atoms with Gasteiger partial charge in [-0.25, -0.2) is 23.5 Å². The molecule has 4 aromatic rings. The number of aryl methyl sites for hydroxylation is 1. The van der Waals surface area contributed by atoms with E-state index < -0.39 is 10.0 Å². The molecule has 0 fully saturated rings. The van der Waals surface area contributed by atoms with Crippen LogP contribution in [-0.2, 0) is 22.9 Å². The van der Waals surface area contributed by atoms with Crippen LogP contribution in [0.15, 0.2) is 57.8 Å². The predicted molar refractivity (Wildman–Crippen MR) is 109 cm³/mol. The summed E-state index contributed by atoms with van der Waals surface area (Å²) >= 11 is 0. The van der Waals surface area contributed by atoms with Crippen LogP contribution in [0, 0.1) is 0 Å². The Balaban J connectivity index is 1.57. The first-order valence-corrected chi connectivity index (χ1v) is 10.5. The minimum absolute atomic E-state index is 0.108. The van der Waals surface area contributed by atoms with Crippen LogP contribution >= 0.6 is 0 Å². The number of fused-ring (bicyclic) bond motifs is 3. The number of nitrogens with zero attached hydrogens (tertiary/aromatic N) is 2. The maximum Gasteiger partial charge on any atom is 0.238 e.